The molecule has 7 nitrogen and oxygen atoms in total. The number of cyclic esters (lactones) is 1. The molecule has 0 saturated carbocycles. The van der Waals surface area contributed by atoms with Crippen LogP contribution in [0.1, 0.15) is 15.9 Å². The maximum Gasteiger partial charge on any atom is 0.339 e. The van der Waals surface area contributed by atoms with Crippen molar-refractivity contribution in [1.29, 1.82) is 0 Å². The van der Waals surface area contributed by atoms with Crippen molar-refractivity contribution < 1.29 is 23.7 Å². The Bertz CT molecular complexity index is 1100. The molecule has 4 rings (SSSR count). The van der Waals surface area contributed by atoms with Crippen molar-refractivity contribution in [2.24, 2.45) is 0 Å². The number of hydrogen-bond acceptors (Lipinski definition) is 7. The number of rotatable bonds is 7. The summed E-state index contributed by atoms with van der Waals surface area (Å²) in [5, 5.41) is 1.83. The van der Waals surface area contributed by atoms with Crippen LogP contribution in [-0.2, 0) is 16.1 Å². The third-order valence-electron chi connectivity index (χ3n) is 5.35. The van der Waals surface area contributed by atoms with Gasteiger partial charge in [0.2, 0.25) is 0 Å². The number of methoxy groups -OCH3 is 3. The second kappa shape index (κ2) is 9.41. The highest BCUT2D eigenvalue weighted by molar-refractivity contribution is 6.11. The molecule has 3 aromatic rings. The lowest BCUT2D eigenvalue weighted by molar-refractivity contribution is 0.0535. The predicted molar refractivity (Wildman–Crippen MR) is 122 cm³/mol. The Morgan fingerprint density at radius 1 is 1.06 bits per heavy atom. The zero-order valence-corrected chi connectivity index (χ0v) is 18.7. The lowest BCUT2D eigenvalue weighted by Crippen LogP contribution is -2.22. The molecule has 1 aromatic heterocycles. The third kappa shape index (κ3) is 4.11. The molecule has 8 heteroatoms. The molecule has 2 heterocycles. The first-order valence-corrected chi connectivity index (χ1v) is 9.62. The van der Waals surface area contributed by atoms with Gasteiger partial charge in [-0.2, -0.15) is 0 Å². The highest BCUT2D eigenvalue weighted by atomic mass is 35.5. The van der Waals surface area contributed by atoms with Crippen LogP contribution in [0.15, 0.2) is 36.5 Å². The van der Waals surface area contributed by atoms with E-state index in [0.717, 1.165) is 39.8 Å². The van der Waals surface area contributed by atoms with E-state index in [4.69, 9.17) is 18.9 Å². The second-order valence-electron chi connectivity index (χ2n) is 7.11. The summed E-state index contributed by atoms with van der Waals surface area (Å²) in [6.07, 6.45) is 1.79. The van der Waals surface area contributed by atoms with E-state index in [0.29, 0.717) is 23.7 Å². The van der Waals surface area contributed by atoms with Crippen LogP contribution in [-0.4, -0.2) is 52.5 Å². The van der Waals surface area contributed by atoms with Gasteiger partial charge >= 0.3 is 5.97 Å². The lowest BCUT2D eigenvalue weighted by atomic mass is 9.91. The number of nitrogens with zero attached hydrogens (tertiary/aromatic N) is 2. The first-order chi connectivity index (χ1) is 14.6. The van der Waals surface area contributed by atoms with Gasteiger partial charge in [-0.1, -0.05) is 0 Å². The number of likely N-dealkylation sites (N-methyl/N-ethyl adjacent to an activating group) is 1. The first kappa shape index (κ1) is 22.7. The standard InChI is InChI=1S/C23H24N2O5.ClH/c1-25(7-8-27-2)20-6-5-14(12-24-20)21-17-11-19(29-4)18(28-3)10-15(17)9-16-13-30-23(26)22(16)21;/h5-6,9-12H,7-8,13H2,1-4H3;1H. The fourth-order valence-corrected chi connectivity index (χ4v) is 3.75. The summed E-state index contributed by atoms with van der Waals surface area (Å²) < 4.78 is 21.4. The smallest absolute Gasteiger partial charge is 0.339 e. The first-order valence-electron chi connectivity index (χ1n) is 9.62. The van der Waals surface area contributed by atoms with E-state index in [1.54, 1.807) is 27.5 Å². The number of ether oxygens (including phenoxy) is 4. The van der Waals surface area contributed by atoms with E-state index >= 15 is 0 Å². The maximum absolute atomic E-state index is 12.6. The van der Waals surface area contributed by atoms with E-state index in [1.807, 2.05) is 42.3 Å². The second-order valence-corrected chi connectivity index (χ2v) is 7.11. The number of hydrogen-bond donors (Lipinski definition) is 0. The van der Waals surface area contributed by atoms with Crippen LogP contribution >= 0.6 is 12.4 Å². The SMILES string of the molecule is COCCN(C)c1ccc(-c2c3c(cc4cc(OC)c(OC)cc24)COC3=O)cn1.Cl. The number of pyridine rings is 1. The lowest BCUT2D eigenvalue weighted by Gasteiger charge is -2.18. The van der Waals surface area contributed by atoms with Gasteiger partial charge in [0.15, 0.2) is 11.5 Å². The van der Waals surface area contributed by atoms with E-state index in [-0.39, 0.29) is 25.0 Å². The van der Waals surface area contributed by atoms with Gasteiger partial charge in [0.25, 0.3) is 0 Å². The van der Waals surface area contributed by atoms with Crippen LogP contribution in [0.2, 0.25) is 0 Å². The number of benzene rings is 2. The van der Waals surface area contributed by atoms with Gasteiger partial charge < -0.3 is 23.8 Å². The van der Waals surface area contributed by atoms with Gasteiger partial charge in [0.05, 0.1) is 26.4 Å². The van der Waals surface area contributed by atoms with E-state index < -0.39 is 0 Å². The van der Waals surface area contributed by atoms with Crippen molar-refractivity contribution in [2.75, 3.05) is 46.4 Å². The number of esters is 1. The van der Waals surface area contributed by atoms with Crippen molar-refractivity contribution in [3.63, 3.8) is 0 Å². The van der Waals surface area contributed by atoms with Crippen molar-refractivity contribution in [2.45, 2.75) is 6.61 Å². The van der Waals surface area contributed by atoms with Crippen LogP contribution in [0.3, 0.4) is 0 Å². The summed E-state index contributed by atoms with van der Waals surface area (Å²) >= 11 is 0. The minimum atomic E-state index is -0.321. The minimum Gasteiger partial charge on any atom is -0.493 e. The van der Waals surface area contributed by atoms with Gasteiger partial charge in [-0.25, -0.2) is 9.78 Å². The Labute approximate surface area is 187 Å². The quantitative estimate of drug-likeness (QED) is 0.508. The van der Waals surface area contributed by atoms with Crippen molar-refractivity contribution in [3.8, 4) is 22.6 Å². The van der Waals surface area contributed by atoms with Gasteiger partial charge in [0, 0.05) is 43.6 Å². The molecule has 0 spiro atoms. The fourth-order valence-electron chi connectivity index (χ4n) is 3.75. The van der Waals surface area contributed by atoms with Gasteiger partial charge in [-0.05, 0) is 41.1 Å². The summed E-state index contributed by atoms with van der Waals surface area (Å²) in [6, 6.07) is 9.71. The third-order valence-corrected chi connectivity index (χ3v) is 5.35. The van der Waals surface area contributed by atoms with Crippen LogP contribution in [0.4, 0.5) is 5.82 Å². The van der Waals surface area contributed by atoms with Crippen LogP contribution < -0.4 is 14.4 Å². The predicted octanol–water partition coefficient (Wildman–Crippen LogP) is 4.09. The molecule has 1 aliphatic heterocycles. The highest BCUT2D eigenvalue weighted by Crippen LogP contribution is 2.42. The zero-order chi connectivity index (χ0) is 21.3. The average Bonchev–Trinajstić information content (AvgIpc) is 3.15. The summed E-state index contributed by atoms with van der Waals surface area (Å²) in [5.74, 6) is 1.74. The molecule has 0 fully saturated rings. The normalized spacial score (nSPS) is 12.2. The number of fused-ring (bicyclic) bond motifs is 2. The molecule has 0 bridgehead atoms. The summed E-state index contributed by atoms with van der Waals surface area (Å²) in [6.45, 7) is 1.61. The number of carbonyl (C=O) groups excluding carboxylic acids is 1. The molecule has 0 amide bonds. The largest absolute Gasteiger partial charge is 0.493 e. The van der Waals surface area contributed by atoms with E-state index in [2.05, 4.69) is 4.98 Å². The molecular weight excluding hydrogens is 420 g/mol. The number of anilines is 1. The maximum atomic E-state index is 12.6. The van der Waals surface area contributed by atoms with Crippen LogP contribution in [0, 0.1) is 0 Å². The minimum absolute atomic E-state index is 0. The topological polar surface area (TPSA) is 70.1 Å². The van der Waals surface area contributed by atoms with Gasteiger partial charge in [-0.15, -0.1) is 12.4 Å². The number of carbonyl (C=O) groups is 1. The van der Waals surface area contributed by atoms with Gasteiger partial charge in [-0.3, -0.25) is 0 Å². The summed E-state index contributed by atoms with van der Waals surface area (Å²) in [4.78, 5) is 19.2. The van der Waals surface area contributed by atoms with Crippen LogP contribution in [0.25, 0.3) is 21.9 Å². The molecule has 0 N–H and O–H groups in total. The van der Waals surface area contributed by atoms with Crippen molar-refractivity contribution in [3.05, 3.63) is 47.7 Å². The molecular formula is C23H25ClN2O5. The van der Waals surface area contributed by atoms with Crippen molar-refractivity contribution >= 4 is 35.0 Å². The Kier molecular flexibility index (Phi) is 6.87. The molecule has 164 valence electrons. The highest BCUT2D eigenvalue weighted by Gasteiger charge is 2.28. The molecule has 2 aromatic carbocycles. The molecule has 31 heavy (non-hydrogen) atoms. The summed E-state index contributed by atoms with van der Waals surface area (Å²) in [7, 11) is 6.84. The molecule has 0 saturated heterocycles. The monoisotopic (exact) mass is 444 g/mol. The number of halogens is 1. The Morgan fingerprint density at radius 2 is 1.81 bits per heavy atom. The van der Waals surface area contributed by atoms with Gasteiger partial charge in [0.1, 0.15) is 12.4 Å². The fraction of sp³-hybridized carbons (Fsp3) is 0.304. The summed E-state index contributed by atoms with van der Waals surface area (Å²) in [5.41, 5.74) is 3.07. The molecule has 0 aliphatic carbocycles. The average molecular weight is 445 g/mol. The Balaban J connectivity index is 0.00000272. The van der Waals surface area contributed by atoms with Crippen LogP contribution in [0.5, 0.6) is 11.5 Å². The molecule has 1 aliphatic rings. The Morgan fingerprint density at radius 3 is 2.45 bits per heavy atom. The number of aromatic nitrogens is 1. The van der Waals surface area contributed by atoms with E-state index in [1.165, 1.54) is 0 Å². The molecule has 0 unspecified atom stereocenters. The van der Waals surface area contributed by atoms with Crippen molar-refractivity contribution in [1.82, 2.24) is 4.98 Å². The van der Waals surface area contributed by atoms with E-state index in [9.17, 15) is 4.79 Å². The zero-order valence-electron chi connectivity index (χ0n) is 17.9. The Hall–Kier alpha value is -3.03. The molecule has 0 radical (unpaired) electrons. The molecule has 0 atom stereocenters.